The van der Waals surface area contributed by atoms with Gasteiger partial charge in [0.25, 0.3) is 0 Å². The monoisotopic (exact) mass is 205 g/mol. The van der Waals surface area contributed by atoms with Gasteiger partial charge in [-0.1, -0.05) is 6.92 Å². The quantitative estimate of drug-likeness (QED) is 0.552. The average Bonchev–Trinajstić information content (AvgIpc) is 2.16. The van der Waals surface area contributed by atoms with Gasteiger partial charge in [-0.2, -0.15) is 11.8 Å². The minimum absolute atomic E-state index is 0.896. The Kier molecular flexibility index (Phi) is 12.5. The van der Waals surface area contributed by atoms with E-state index in [0.29, 0.717) is 0 Å². The zero-order valence-electron chi connectivity index (χ0n) is 8.97. The van der Waals surface area contributed by atoms with Crippen molar-refractivity contribution in [2.75, 3.05) is 38.3 Å². The summed E-state index contributed by atoms with van der Waals surface area (Å²) in [6.45, 7) is 5.41. The summed E-state index contributed by atoms with van der Waals surface area (Å²) in [7, 11) is 1.76. The van der Waals surface area contributed by atoms with Crippen molar-refractivity contribution in [1.29, 1.82) is 0 Å². The van der Waals surface area contributed by atoms with Crippen molar-refractivity contribution in [1.82, 2.24) is 5.32 Å². The lowest BCUT2D eigenvalue weighted by atomic mass is 10.3. The van der Waals surface area contributed by atoms with Crippen molar-refractivity contribution in [2.45, 2.75) is 26.2 Å². The lowest BCUT2D eigenvalue weighted by Crippen LogP contribution is -2.17. The van der Waals surface area contributed by atoms with Gasteiger partial charge in [0.2, 0.25) is 0 Å². The topological polar surface area (TPSA) is 21.3 Å². The molecule has 0 saturated carbocycles. The summed E-state index contributed by atoms with van der Waals surface area (Å²) in [5.74, 6) is 2.54. The molecule has 13 heavy (non-hydrogen) atoms. The van der Waals surface area contributed by atoms with Gasteiger partial charge in [0.05, 0.1) is 0 Å². The molecule has 1 N–H and O–H groups in total. The molecule has 0 aromatic heterocycles. The van der Waals surface area contributed by atoms with E-state index < -0.39 is 0 Å². The average molecular weight is 205 g/mol. The van der Waals surface area contributed by atoms with Crippen molar-refractivity contribution in [2.24, 2.45) is 0 Å². The van der Waals surface area contributed by atoms with E-state index in [-0.39, 0.29) is 0 Å². The molecule has 0 spiro atoms. The van der Waals surface area contributed by atoms with Crippen molar-refractivity contribution in [3.63, 3.8) is 0 Å². The normalized spacial score (nSPS) is 10.6. The van der Waals surface area contributed by atoms with E-state index in [2.05, 4.69) is 12.2 Å². The highest BCUT2D eigenvalue weighted by atomic mass is 32.2. The number of ether oxygens (including phenoxy) is 1. The van der Waals surface area contributed by atoms with Crippen LogP contribution in [0.2, 0.25) is 0 Å². The van der Waals surface area contributed by atoms with Crippen molar-refractivity contribution >= 4 is 11.8 Å². The zero-order valence-corrected chi connectivity index (χ0v) is 9.79. The van der Waals surface area contributed by atoms with Gasteiger partial charge in [0, 0.05) is 13.7 Å². The maximum atomic E-state index is 4.97. The van der Waals surface area contributed by atoms with Crippen LogP contribution in [0, 0.1) is 0 Å². The fourth-order valence-electron chi connectivity index (χ4n) is 1.06. The van der Waals surface area contributed by atoms with Gasteiger partial charge in [0.15, 0.2) is 0 Å². The van der Waals surface area contributed by atoms with Crippen LogP contribution in [0.5, 0.6) is 0 Å². The summed E-state index contributed by atoms with van der Waals surface area (Å²) in [4.78, 5) is 0. The molecule has 0 fully saturated rings. The predicted octanol–water partition coefficient (Wildman–Crippen LogP) is 2.15. The summed E-state index contributed by atoms with van der Waals surface area (Å²) in [6, 6.07) is 0. The van der Waals surface area contributed by atoms with Crippen LogP contribution in [-0.4, -0.2) is 38.3 Å². The molecule has 0 radical (unpaired) electrons. The molecule has 0 bridgehead atoms. The molecule has 0 aliphatic rings. The fourth-order valence-corrected chi connectivity index (χ4v) is 1.70. The Labute approximate surface area is 86.8 Å². The van der Waals surface area contributed by atoms with E-state index in [9.17, 15) is 0 Å². The number of rotatable bonds is 10. The molecular formula is C10H23NOS. The Hall–Kier alpha value is 0.270. The minimum Gasteiger partial charge on any atom is -0.385 e. The highest BCUT2D eigenvalue weighted by Gasteiger charge is 1.89. The van der Waals surface area contributed by atoms with Gasteiger partial charge in [-0.15, -0.1) is 0 Å². The first kappa shape index (κ1) is 13.3. The summed E-state index contributed by atoms with van der Waals surface area (Å²) >= 11 is 2.02. The Bertz CT molecular complexity index is 81.0. The standard InChI is InChI=1S/C10H23NOS/c1-3-13-10-6-8-11-7-4-5-9-12-2/h11H,3-10H2,1-2H3. The van der Waals surface area contributed by atoms with Crippen LogP contribution in [0.4, 0.5) is 0 Å². The first-order valence-electron chi connectivity index (χ1n) is 5.19. The number of hydrogen-bond donors (Lipinski definition) is 1. The lowest BCUT2D eigenvalue weighted by molar-refractivity contribution is 0.192. The molecule has 3 heteroatoms. The van der Waals surface area contributed by atoms with Crippen LogP contribution in [-0.2, 0) is 4.74 Å². The first-order chi connectivity index (χ1) is 6.41. The van der Waals surface area contributed by atoms with E-state index >= 15 is 0 Å². The highest BCUT2D eigenvalue weighted by Crippen LogP contribution is 1.99. The maximum absolute atomic E-state index is 4.97. The second-order valence-corrected chi connectivity index (χ2v) is 4.39. The third-order valence-corrected chi connectivity index (χ3v) is 2.78. The molecule has 0 aromatic carbocycles. The van der Waals surface area contributed by atoms with Gasteiger partial charge in [-0.05, 0) is 43.9 Å². The summed E-state index contributed by atoms with van der Waals surface area (Å²) in [6.07, 6.45) is 3.70. The van der Waals surface area contributed by atoms with Crippen LogP contribution < -0.4 is 5.32 Å². The molecule has 0 amide bonds. The summed E-state index contributed by atoms with van der Waals surface area (Å²) in [5.41, 5.74) is 0. The third kappa shape index (κ3) is 12.3. The van der Waals surface area contributed by atoms with Gasteiger partial charge in [-0.25, -0.2) is 0 Å². The minimum atomic E-state index is 0.896. The summed E-state index contributed by atoms with van der Waals surface area (Å²) < 4.78 is 4.97. The maximum Gasteiger partial charge on any atom is 0.0462 e. The lowest BCUT2D eigenvalue weighted by Gasteiger charge is -2.03. The van der Waals surface area contributed by atoms with E-state index in [1.807, 2.05) is 11.8 Å². The van der Waals surface area contributed by atoms with Gasteiger partial charge in [0.1, 0.15) is 0 Å². The summed E-state index contributed by atoms with van der Waals surface area (Å²) in [5, 5.41) is 3.43. The second-order valence-electron chi connectivity index (χ2n) is 3.00. The number of hydrogen-bond acceptors (Lipinski definition) is 3. The molecule has 0 unspecified atom stereocenters. The molecular weight excluding hydrogens is 182 g/mol. The number of unbranched alkanes of at least 4 members (excludes halogenated alkanes) is 1. The Morgan fingerprint density at radius 1 is 1.15 bits per heavy atom. The molecule has 0 aromatic rings. The Morgan fingerprint density at radius 2 is 1.92 bits per heavy atom. The van der Waals surface area contributed by atoms with Crippen LogP contribution in [0.3, 0.4) is 0 Å². The molecule has 0 rings (SSSR count). The highest BCUT2D eigenvalue weighted by molar-refractivity contribution is 7.99. The van der Waals surface area contributed by atoms with Crippen LogP contribution in [0.25, 0.3) is 0 Å². The number of nitrogens with one attached hydrogen (secondary N) is 1. The second kappa shape index (κ2) is 12.3. The largest absolute Gasteiger partial charge is 0.385 e. The first-order valence-corrected chi connectivity index (χ1v) is 6.34. The van der Waals surface area contributed by atoms with Gasteiger partial charge < -0.3 is 10.1 Å². The van der Waals surface area contributed by atoms with Gasteiger partial charge >= 0.3 is 0 Å². The molecule has 80 valence electrons. The van der Waals surface area contributed by atoms with E-state index in [1.165, 1.54) is 37.3 Å². The van der Waals surface area contributed by atoms with Crippen molar-refractivity contribution in [3.05, 3.63) is 0 Å². The molecule has 0 saturated heterocycles. The third-order valence-electron chi connectivity index (χ3n) is 1.80. The van der Waals surface area contributed by atoms with Gasteiger partial charge in [-0.3, -0.25) is 0 Å². The van der Waals surface area contributed by atoms with Crippen LogP contribution in [0.15, 0.2) is 0 Å². The van der Waals surface area contributed by atoms with Crippen LogP contribution in [0.1, 0.15) is 26.2 Å². The van der Waals surface area contributed by atoms with E-state index in [4.69, 9.17) is 4.74 Å². The molecule has 0 heterocycles. The molecule has 0 aliphatic heterocycles. The number of thioether (sulfide) groups is 1. The Balaban J connectivity index is 2.76. The predicted molar refractivity (Wildman–Crippen MR) is 61.6 cm³/mol. The molecule has 2 nitrogen and oxygen atoms in total. The SMILES string of the molecule is CCSCCCNCCCCOC. The van der Waals surface area contributed by atoms with E-state index in [0.717, 1.165) is 13.2 Å². The Morgan fingerprint density at radius 3 is 2.62 bits per heavy atom. The van der Waals surface area contributed by atoms with Crippen molar-refractivity contribution in [3.8, 4) is 0 Å². The fraction of sp³-hybridized carbons (Fsp3) is 1.00. The van der Waals surface area contributed by atoms with E-state index in [1.54, 1.807) is 7.11 Å². The van der Waals surface area contributed by atoms with Crippen LogP contribution >= 0.6 is 11.8 Å². The molecule has 0 atom stereocenters. The van der Waals surface area contributed by atoms with Crippen molar-refractivity contribution < 1.29 is 4.74 Å². The molecule has 0 aliphatic carbocycles. The smallest absolute Gasteiger partial charge is 0.0462 e. The zero-order chi connectivity index (χ0) is 9.78. The number of methoxy groups -OCH3 is 1.